The van der Waals surface area contributed by atoms with Gasteiger partial charge in [0, 0.05) is 18.2 Å². The Balaban J connectivity index is 0.00000220. The number of aryl methyl sites for hydroxylation is 1. The van der Waals surface area contributed by atoms with Gasteiger partial charge in [0.05, 0.1) is 5.69 Å². The van der Waals surface area contributed by atoms with Gasteiger partial charge in [0.25, 0.3) is 0 Å². The summed E-state index contributed by atoms with van der Waals surface area (Å²) in [6, 6.07) is 9.85. The SMILES string of the molecule is Cc1cc(C=Cc2ccccc2OCCN(C)C)on1.Cl. The van der Waals surface area contributed by atoms with Gasteiger partial charge >= 0.3 is 0 Å². The molecule has 21 heavy (non-hydrogen) atoms. The first-order valence-corrected chi connectivity index (χ1v) is 6.63. The number of likely N-dealkylation sites (N-methyl/N-ethyl adjacent to an activating group) is 1. The predicted octanol–water partition coefficient (Wildman–Crippen LogP) is 3.52. The molecule has 0 aliphatic rings. The number of benzene rings is 1. The second-order valence-electron chi connectivity index (χ2n) is 4.89. The average molecular weight is 309 g/mol. The Hall–Kier alpha value is -1.78. The van der Waals surface area contributed by atoms with Crippen LogP contribution in [0.25, 0.3) is 12.2 Å². The minimum absolute atomic E-state index is 0. The largest absolute Gasteiger partial charge is 0.492 e. The van der Waals surface area contributed by atoms with E-state index in [-0.39, 0.29) is 12.4 Å². The Morgan fingerprint density at radius 3 is 2.67 bits per heavy atom. The molecule has 0 radical (unpaired) electrons. The lowest BCUT2D eigenvalue weighted by Gasteiger charge is -2.12. The molecule has 0 unspecified atom stereocenters. The highest BCUT2D eigenvalue weighted by atomic mass is 35.5. The van der Waals surface area contributed by atoms with Gasteiger partial charge in [-0.1, -0.05) is 23.4 Å². The Morgan fingerprint density at radius 2 is 2.00 bits per heavy atom. The molecular weight excluding hydrogens is 288 g/mol. The van der Waals surface area contributed by atoms with Crippen LogP contribution in [0.1, 0.15) is 17.0 Å². The molecule has 5 heteroatoms. The van der Waals surface area contributed by atoms with Gasteiger partial charge in [0.2, 0.25) is 0 Å². The third-order valence-electron chi connectivity index (χ3n) is 2.79. The van der Waals surface area contributed by atoms with Crippen molar-refractivity contribution >= 4 is 24.6 Å². The first-order valence-electron chi connectivity index (χ1n) is 6.63. The first-order chi connectivity index (χ1) is 9.65. The topological polar surface area (TPSA) is 38.5 Å². The van der Waals surface area contributed by atoms with Gasteiger partial charge in [-0.15, -0.1) is 12.4 Å². The van der Waals surface area contributed by atoms with Crippen molar-refractivity contribution in [1.29, 1.82) is 0 Å². The lowest BCUT2D eigenvalue weighted by atomic mass is 10.2. The van der Waals surface area contributed by atoms with E-state index in [2.05, 4.69) is 10.1 Å². The van der Waals surface area contributed by atoms with E-state index in [1.807, 2.05) is 63.5 Å². The highest BCUT2D eigenvalue weighted by molar-refractivity contribution is 5.85. The average Bonchev–Trinajstić information content (AvgIpc) is 2.83. The molecule has 0 spiro atoms. The van der Waals surface area contributed by atoms with Crippen molar-refractivity contribution in [2.45, 2.75) is 6.92 Å². The zero-order valence-corrected chi connectivity index (χ0v) is 13.4. The van der Waals surface area contributed by atoms with Crippen LogP contribution in [0, 0.1) is 6.92 Å². The molecule has 0 N–H and O–H groups in total. The Labute approximate surface area is 131 Å². The van der Waals surface area contributed by atoms with E-state index in [1.54, 1.807) is 0 Å². The maximum Gasteiger partial charge on any atom is 0.159 e. The van der Waals surface area contributed by atoms with Gasteiger partial charge in [-0.05, 0) is 39.2 Å². The van der Waals surface area contributed by atoms with Gasteiger partial charge in [0.15, 0.2) is 5.76 Å². The van der Waals surface area contributed by atoms with E-state index in [4.69, 9.17) is 9.26 Å². The van der Waals surface area contributed by atoms with Gasteiger partial charge in [0.1, 0.15) is 12.4 Å². The fraction of sp³-hybridized carbons (Fsp3) is 0.312. The number of hydrogen-bond acceptors (Lipinski definition) is 4. The van der Waals surface area contributed by atoms with Crippen LogP contribution in [0.2, 0.25) is 0 Å². The number of hydrogen-bond donors (Lipinski definition) is 0. The smallest absolute Gasteiger partial charge is 0.159 e. The van der Waals surface area contributed by atoms with E-state index in [0.717, 1.165) is 29.3 Å². The highest BCUT2D eigenvalue weighted by Gasteiger charge is 2.01. The van der Waals surface area contributed by atoms with Crippen LogP contribution >= 0.6 is 12.4 Å². The van der Waals surface area contributed by atoms with E-state index < -0.39 is 0 Å². The fourth-order valence-electron chi connectivity index (χ4n) is 1.72. The minimum atomic E-state index is 0. The zero-order chi connectivity index (χ0) is 14.4. The second-order valence-corrected chi connectivity index (χ2v) is 4.89. The van der Waals surface area contributed by atoms with Crippen LogP contribution < -0.4 is 4.74 Å². The van der Waals surface area contributed by atoms with E-state index in [1.165, 1.54) is 0 Å². The standard InChI is InChI=1S/C16H20N2O2.ClH/c1-13-12-15(20-17-13)9-8-14-6-4-5-7-16(14)19-11-10-18(2)3;/h4-9,12H,10-11H2,1-3H3;1H. The summed E-state index contributed by atoms with van der Waals surface area (Å²) in [4.78, 5) is 2.09. The third-order valence-corrected chi connectivity index (χ3v) is 2.79. The number of aromatic nitrogens is 1. The van der Waals surface area contributed by atoms with Crippen molar-refractivity contribution in [3.05, 3.63) is 47.3 Å². The summed E-state index contributed by atoms with van der Waals surface area (Å²) >= 11 is 0. The Bertz CT molecular complexity index is 579. The van der Waals surface area contributed by atoms with Crippen molar-refractivity contribution in [3.8, 4) is 5.75 Å². The molecule has 0 saturated heterocycles. The summed E-state index contributed by atoms with van der Waals surface area (Å²) in [5.41, 5.74) is 1.90. The van der Waals surface area contributed by atoms with Crippen LogP contribution in [-0.2, 0) is 0 Å². The molecule has 0 aliphatic heterocycles. The summed E-state index contributed by atoms with van der Waals surface area (Å²) in [5.74, 6) is 1.62. The molecule has 2 rings (SSSR count). The molecule has 1 heterocycles. The molecule has 0 fully saturated rings. The van der Waals surface area contributed by atoms with Gasteiger partial charge in [-0.3, -0.25) is 0 Å². The lowest BCUT2D eigenvalue weighted by molar-refractivity contribution is 0.261. The third kappa shape index (κ3) is 5.61. The number of ether oxygens (including phenoxy) is 1. The molecule has 2 aromatic rings. The van der Waals surface area contributed by atoms with Crippen molar-refractivity contribution in [1.82, 2.24) is 10.1 Å². The first kappa shape index (κ1) is 17.3. The van der Waals surface area contributed by atoms with Crippen LogP contribution in [-0.4, -0.2) is 37.3 Å². The van der Waals surface area contributed by atoms with Gasteiger partial charge < -0.3 is 14.2 Å². The number of para-hydroxylation sites is 1. The van der Waals surface area contributed by atoms with Crippen LogP contribution in [0.5, 0.6) is 5.75 Å². The van der Waals surface area contributed by atoms with Crippen molar-refractivity contribution in [2.24, 2.45) is 0 Å². The molecule has 0 atom stereocenters. The summed E-state index contributed by atoms with van der Waals surface area (Å²) in [6.45, 7) is 3.46. The molecule has 4 nitrogen and oxygen atoms in total. The van der Waals surface area contributed by atoms with Crippen molar-refractivity contribution in [3.63, 3.8) is 0 Å². The summed E-state index contributed by atoms with van der Waals surface area (Å²) in [6.07, 6.45) is 3.87. The maximum absolute atomic E-state index is 5.80. The van der Waals surface area contributed by atoms with Crippen molar-refractivity contribution in [2.75, 3.05) is 27.2 Å². The Kier molecular flexibility index (Phi) is 6.99. The van der Waals surface area contributed by atoms with Crippen LogP contribution in [0.4, 0.5) is 0 Å². The van der Waals surface area contributed by atoms with E-state index >= 15 is 0 Å². The molecule has 0 aliphatic carbocycles. The molecule has 1 aromatic heterocycles. The van der Waals surface area contributed by atoms with E-state index in [9.17, 15) is 0 Å². The van der Waals surface area contributed by atoms with Gasteiger partial charge in [-0.2, -0.15) is 0 Å². The Morgan fingerprint density at radius 1 is 1.24 bits per heavy atom. The molecule has 114 valence electrons. The number of rotatable bonds is 6. The number of halogens is 1. The monoisotopic (exact) mass is 308 g/mol. The van der Waals surface area contributed by atoms with Crippen LogP contribution in [0.3, 0.4) is 0 Å². The van der Waals surface area contributed by atoms with E-state index in [0.29, 0.717) is 6.61 Å². The second kappa shape index (κ2) is 8.49. The summed E-state index contributed by atoms with van der Waals surface area (Å²) in [7, 11) is 4.06. The number of nitrogens with zero attached hydrogens (tertiary/aromatic N) is 2. The molecule has 0 amide bonds. The van der Waals surface area contributed by atoms with Gasteiger partial charge in [-0.25, -0.2) is 0 Å². The van der Waals surface area contributed by atoms with Crippen molar-refractivity contribution < 1.29 is 9.26 Å². The highest BCUT2D eigenvalue weighted by Crippen LogP contribution is 2.20. The molecule has 0 saturated carbocycles. The lowest BCUT2D eigenvalue weighted by Crippen LogP contribution is -2.19. The molecule has 1 aromatic carbocycles. The maximum atomic E-state index is 5.80. The fourth-order valence-corrected chi connectivity index (χ4v) is 1.72. The minimum Gasteiger partial charge on any atom is -0.492 e. The predicted molar refractivity (Wildman–Crippen MR) is 87.9 cm³/mol. The summed E-state index contributed by atoms with van der Waals surface area (Å²) < 4.78 is 11.0. The summed E-state index contributed by atoms with van der Waals surface area (Å²) in [5, 5.41) is 3.86. The molecular formula is C16H21ClN2O2. The van der Waals surface area contributed by atoms with Crippen LogP contribution in [0.15, 0.2) is 34.9 Å². The normalized spacial score (nSPS) is 10.9. The zero-order valence-electron chi connectivity index (χ0n) is 12.6. The quantitative estimate of drug-likeness (QED) is 0.818. The molecule has 0 bridgehead atoms.